The maximum atomic E-state index is 13.4. The van der Waals surface area contributed by atoms with Gasteiger partial charge in [-0.2, -0.15) is 0 Å². The van der Waals surface area contributed by atoms with Gasteiger partial charge in [0.1, 0.15) is 0 Å². The number of hydrogen-bond acceptors (Lipinski definition) is 5. The van der Waals surface area contributed by atoms with Crippen molar-refractivity contribution in [1.82, 2.24) is 4.90 Å². The van der Waals surface area contributed by atoms with Crippen molar-refractivity contribution in [2.24, 2.45) is 16.8 Å². The van der Waals surface area contributed by atoms with Crippen LogP contribution in [0.25, 0.3) is 0 Å². The van der Waals surface area contributed by atoms with Gasteiger partial charge in [0.05, 0.1) is 35.9 Å². The first-order chi connectivity index (χ1) is 12.1. The van der Waals surface area contributed by atoms with Crippen LogP contribution in [0.3, 0.4) is 0 Å². The van der Waals surface area contributed by atoms with Crippen LogP contribution in [0.5, 0.6) is 0 Å². The summed E-state index contributed by atoms with van der Waals surface area (Å²) >= 11 is 0. The third-order valence-electron chi connectivity index (χ3n) is 6.60. The number of hydrogen-bond donors (Lipinski definition) is 0. The minimum atomic E-state index is -0.647. The highest BCUT2D eigenvalue weighted by Crippen LogP contribution is 2.59. The number of fused-ring (bicyclic) bond motifs is 2. The SMILES string of the molecule is C/C=C1/CN2CC[C@]34C(=Nc5ccccc53)C(=O)[C@@H]2[C@@H]1[C@H]4C(=O)OC. The number of aliphatic imine (C=N–C) groups is 1. The minimum Gasteiger partial charge on any atom is -0.469 e. The predicted molar refractivity (Wildman–Crippen MR) is 93.0 cm³/mol. The fraction of sp³-hybridized carbons (Fsp3) is 0.450. The highest BCUT2D eigenvalue weighted by molar-refractivity contribution is 6.48. The van der Waals surface area contributed by atoms with Gasteiger partial charge in [-0.1, -0.05) is 29.8 Å². The molecule has 0 aromatic heterocycles. The van der Waals surface area contributed by atoms with Gasteiger partial charge in [0.15, 0.2) is 5.78 Å². The van der Waals surface area contributed by atoms with E-state index in [1.165, 1.54) is 12.7 Å². The van der Waals surface area contributed by atoms with Crippen molar-refractivity contribution in [3.05, 3.63) is 41.5 Å². The summed E-state index contributed by atoms with van der Waals surface area (Å²) in [5.74, 6) is -0.635. The lowest BCUT2D eigenvalue weighted by molar-refractivity contribution is -0.150. The van der Waals surface area contributed by atoms with Crippen LogP contribution in [0, 0.1) is 11.8 Å². The third kappa shape index (κ3) is 1.60. The molecule has 4 heterocycles. The standard InChI is InChI=1S/C20H20N2O3/c1-3-11-10-22-9-8-20-12-6-4-5-7-13(12)21-18(20)17(23)16(22)14(11)15(20)19(24)25-2/h3-7,14-16H,8-10H2,1-2H3/b11-3-/t14-,15-,16-,20-/m0/s1. The number of nitrogens with zero attached hydrogens (tertiary/aromatic N) is 2. The Morgan fingerprint density at radius 2 is 2.20 bits per heavy atom. The Hall–Kier alpha value is -2.27. The van der Waals surface area contributed by atoms with E-state index >= 15 is 0 Å². The molecule has 25 heavy (non-hydrogen) atoms. The maximum Gasteiger partial charge on any atom is 0.310 e. The number of Topliss-reactive ketones (excluding diaryl/α,β-unsaturated/α-hetero) is 1. The lowest BCUT2D eigenvalue weighted by Crippen LogP contribution is -2.59. The normalized spacial score (nSPS) is 39.0. The molecule has 1 spiro atoms. The molecule has 1 aromatic carbocycles. The molecule has 4 bridgehead atoms. The van der Waals surface area contributed by atoms with Crippen molar-refractivity contribution < 1.29 is 14.3 Å². The van der Waals surface area contributed by atoms with E-state index in [-0.39, 0.29) is 29.6 Å². The van der Waals surface area contributed by atoms with Crippen molar-refractivity contribution in [2.45, 2.75) is 24.8 Å². The predicted octanol–water partition coefficient (Wildman–Crippen LogP) is 2.03. The average Bonchev–Trinajstić information content (AvgIpc) is 3.08. The molecule has 5 heteroatoms. The van der Waals surface area contributed by atoms with E-state index in [2.05, 4.69) is 11.0 Å². The molecule has 128 valence electrons. The molecule has 1 aliphatic carbocycles. The van der Waals surface area contributed by atoms with Crippen molar-refractivity contribution in [2.75, 3.05) is 20.2 Å². The Bertz CT molecular complexity index is 871. The van der Waals surface area contributed by atoms with E-state index in [1.807, 2.05) is 31.2 Å². The van der Waals surface area contributed by atoms with Crippen molar-refractivity contribution in [3.63, 3.8) is 0 Å². The second-order valence-electron chi connectivity index (χ2n) is 7.37. The molecule has 1 saturated carbocycles. The molecule has 0 N–H and O–H groups in total. The second kappa shape index (κ2) is 4.88. The molecular weight excluding hydrogens is 316 g/mol. The number of carbonyl (C=O) groups is 2. The Balaban J connectivity index is 1.83. The molecule has 0 radical (unpaired) electrons. The van der Waals surface area contributed by atoms with Gasteiger partial charge in [-0.05, 0) is 25.0 Å². The van der Waals surface area contributed by atoms with E-state index in [4.69, 9.17) is 9.73 Å². The lowest BCUT2D eigenvalue weighted by Gasteiger charge is -2.44. The van der Waals surface area contributed by atoms with Crippen LogP contribution in [-0.2, 0) is 19.7 Å². The summed E-state index contributed by atoms with van der Waals surface area (Å²) in [6.45, 7) is 3.55. The number of rotatable bonds is 1. The number of esters is 1. The molecule has 1 aromatic rings. The van der Waals surface area contributed by atoms with E-state index in [0.717, 1.165) is 30.8 Å². The van der Waals surface area contributed by atoms with E-state index < -0.39 is 5.41 Å². The average molecular weight is 336 g/mol. The number of allylic oxidation sites excluding steroid dienone is 1. The zero-order chi connectivity index (χ0) is 17.3. The van der Waals surface area contributed by atoms with Gasteiger partial charge in [0.2, 0.25) is 0 Å². The first kappa shape index (κ1) is 15.0. The Labute approximate surface area is 146 Å². The van der Waals surface area contributed by atoms with Gasteiger partial charge in [0.25, 0.3) is 0 Å². The quantitative estimate of drug-likeness (QED) is 0.582. The Kier molecular flexibility index (Phi) is 2.93. The Morgan fingerprint density at radius 1 is 1.40 bits per heavy atom. The zero-order valence-electron chi connectivity index (χ0n) is 14.4. The molecule has 1 unspecified atom stereocenters. The number of ketones is 1. The molecule has 5 atom stereocenters. The van der Waals surface area contributed by atoms with Crippen molar-refractivity contribution >= 4 is 23.2 Å². The first-order valence-corrected chi connectivity index (χ1v) is 8.83. The van der Waals surface area contributed by atoms with Gasteiger partial charge < -0.3 is 4.74 Å². The minimum absolute atomic E-state index is 0.0932. The number of ether oxygens (including phenoxy) is 1. The molecule has 3 saturated heterocycles. The summed E-state index contributed by atoms with van der Waals surface area (Å²) in [5.41, 5.74) is 2.94. The lowest BCUT2D eigenvalue weighted by atomic mass is 9.55. The molecule has 5 aliphatic rings. The van der Waals surface area contributed by atoms with Gasteiger partial charge in [-0.15, -0.1) is 0 Å². The van der Waals surface area contributed by atoms with Gasteiger partial charge >= 0.3 is 5.97 Å². The van der Waals surface area contributed by atoms with Crippen LogP contribution < -0.4 is 0 Å². The van der Waals surface area contributed by atoms with Crippen LogP contribution in [-0.4, -0.2) is 48.6 Å². The van der Waals surface area contributed by atoms with E-state index in [0.29, 0.717) is 5.71 Å². The smallest absolute Gasteiger partial charge is 0.310 e. The molecule has 0 amide bonds. The van der Waals surface area contributed by atoms with Crippen LogP contribution in [0.1, 0.15) is 18.9 Å². The number of para-hydroxylation sites is 1. The summed E-state index contributed by atoms with van der Waals surface area (Å²) in [5, 5.41) is 0. The maximum absolute atomic E-state index is 13.4. The fourth-order valence-electron chi connectivity index (χ4n) is 5.63. The summed E-state index contributed by atoms with van der Waals surface area (Å²) in [7, 11) is 1.44. The monoisotopic (exact) mass is 336 g/mol. The zero-order valence-corrected chi connectivity index (χ0v) is 14.4. The summed E-state index contributed by atoms with van der Waals surface area (Å²) in [4.78, 5) is 33.3. The summed E-state index contributed by atoms with van der Waals surface area (Å²) in [6, 6.07) is 7.59. The van der Waals surface area contributed by atoms with E-state index in [1.54, 1.807) is 0 Å². The topological polar surface area (TPSA) is 59.0 Å². The highest BCUT2D eigenvalue weighted by Gasteiger charge is 2.68. The van der Waals surface area contributed by atoms with Gasteiger partial charge in [0, 0.05) is 19.0 Å². The van der Waals surface area contributed by atoms with Crippen molar-refractivity contribution in [1.29, 1.82) is 0 Å². The van der Waals surface area contributed by atoms with Gasteiger partial charge in [-0.25, -0.2) is 4.99 Å². The fourth-order valence-corrected chi connectivity index (χ4v) is 5.63. The number of carbonyl (C=O) groups excluding carboxylic acids is 2. The largest absolute Gasteiger partial charge is 0.469 e. The Morgan fingerprint density at radius 3 is 2.96 bits per heavy atom. The van der Waals surface area contributed by atoms with Crippen LogP contribution in [0.15, 0.2) is 40.9 Å². The van der Waals surface area contributed by atoms with Crippen LogP contribution in [0.4, 0.5) is 5.69 Å². The summed E-state index contributed by atoms with van der Waals surface area (Å²) in [6.07, 6.45) is 2.81. The molecular formula is C20H20N2O3. The first-order valence-electron chi connectivity index (χ1n) is 8.83. The number of benzene rings is 1. The molecule has 4 fully saturated rings. The highest BCUT2D eigenvalue weighted by atomic mass is 16.5. The second-order valence-corrected chi connectivity index (χ2v) is 7.37. The molecule has 6 rings (SSSR count). The van der Waals surface area contributed by atoms with Crippen molar-refractivity contribution in [3.8, 4) is 0 Å². The molecule has 4 aliphatic heterocycles. The third-order valence-corrected chi connectivity index (χ3v) is 6.60. The molecule has 5 nitrogen and oxygen atoms in total. The van der Waals surface area contributed by atoms with Crippen LogP contribution in [0.2, 0.25) is 0 Å². The van der Waals surface area contributed by atoms with Gasteiger partial charge in [-0.3, -0.25) is 14.5 Å². The van der Waals surface area contributed by atoms with Crippen LogP contribution >= 0.6 is 0 Å². The van der Waals surface area contributed by atoms with E-state index in [9.17, 15) is 9.59 Å². The summed E-state index contributed by atoms with van der Waals surface area (Å²) < 4.78 is 5.24. The number of methoxy groups -OCH3 is 1.